The van der Waals surface area contributed by atoms with E-state index in [2.05, 4.69) is 31.6 Å². The Kier molecular flexibility index (Phi) is 5.95. The van der Waals surface area contributed by atoms with Crippen LogP contribution in [0.3, 0.4) is 0 Å². The molecule has 0 radical (unpaired) electrons. The second-order valence-electron chi connectivity index (χ2n) is 7.22. The summed E-state index contributed by atoms with van der Waals surface area (Å²) in [4.78, 5) is 24.8. The van der Waals surface area contributed by atoms with Crippen LogP contribution in [0.4, 0.5) is 4.39 Å². The number of hydrogen-bond donors (Lipinski definition) is 0. The van der Waals surface area contributed by atoms with Gasteiger partial charge in [0.05, 0.1) is 12.1 Å². The Hall–Kier alpha value is -3.06. The largest absolute Gasteiger partial charge is 0.337 e. The van der Waals surface area contributed by atoms with Crippen molar-refractivity contribution in [3.05, 3.63) is 84.0 Å². The van der Waals surface area contributed by atoms with Crippen LogP contribution < -0.4 is 0 Å². The minimum absolute atomic E-state index is 0.0411. The number of carbonyl (C=O) groups is 1. The van der Waals surface area contributed by atoms with E-state index in [1.165, 1.54) is 17.8 Å². The van der Waals surface area contributed by atoms with Crippen molar-refractivity contribution in [3.8, 4) is 0 Å². The van der Waals surface area contributed by atoms with E-state index < -0.39 is 5.95 Å². The lowest BCUT2D eigenvalue weighted by Gasteiger charge is -2.22. The van der Waals surface area contributed by atoms with Gasteiger partial charge in [-0.15, -0.1) is 0 Å². The molecule has 7 heteroatoms. The summed E-state index contributed by atoms with van der Waals surface area (Å²) in [6.45, 7) is 4.29. The van der Waals surface area contributed by atoms with E-state index >= 15 is 0 Å². The highest BCUT2D eigenvalue weighted by Gasteiger charge is 2.23. The van der Waals surface area contributed by atoms with Gasteiger partial charge in [0, 0.05) is 51.3 Å². The maximum atomic E-state index is 13.9. The van der Waals surface area contributed by atoms with Crippen molar-refractivity contribution < 1.29 is 9.18 Å². The van der Waals surface area contributed by atoms with Crippen LogP contribution in [-0.2, 0) is 13.1 Å². The van der Waals surface area contributed by atoms with Gasteiger partial charge in [-0.3, -0.25) is 9.69 Å². The molecule has 6 nitrogen and oxygen atoms in total. The zero-order valence-electron chi connectivity index (χ0n) is 16.2. The smallest absolute Gasteiger partial charge is 0.258 e. The highest BCUT2D eigenvalue weighted by molar-refractivity contribution is 5.94. The number of rotatable bonds is 5. The minimum atomic E-state index is -0.707. The average Bonchev–Trinajstić information content (AvgIpc) is 3.03. The predicted molar refractivity (Wildman–Crippen MR) is 108 cm³/mol. The molecule has 0 spiro atoms. The van der Waals surface area contributed by atoms with Crippen LogP contribution >= 0.6 is 0 Å². The number of hydrogen-bond acceptors (Lipinski definition) is 4. The molecule has 4 rings (SSSR count). The summed E-state index contributed by atoms with van der Waals surface area (Å²) in [6, 6.07) is 13.4. The number of carbonyl (C=O) groups excluding carboxylic acids is 1. The molecule has 3 aromatic rings. The molecular weight excluding hydrogens is 369 g/mol. The number of benzene rings is 1. The van der Waals surface area contributed by atoms with Crippen molar-refractivity contribution in [1.29, 1.82) is 0 Å². The Morgan fingerprint density at radius 3 is 2.62 bits per heavy atom. The summed E-state index contributed by atoms with van der Waals surface area (Å²) < 4.78 is 16.0. The van der Waals surface area contributed by atoms with Gasteiger partial charge in [-0.25, -0.2) is 9.97 Å². The fourth-order valence-electron chi connectivity index (χ4n) is 3.66. The fraction of sp³-hybridized carbons (Fsp3) is 0.318. The van der Waals surface area contributed by atoms with Crippen molar-refractivity contribution >= 4 is 5.91 Å². The normalized spacial score (nSPS) is 15.3. The number of amides is 1. The Balaban J connectivity index is 1.38. The van der Waals surface area contributed by atoms with Crippen LogP contribution in [-0.4, -0.2) is 56.4 Å². The molecule has 0 unspecified atom stereocenters. The second kappa shape index (κ2) is 8.96. The Morgan fingerprint density at radius 1 is 0.931 bits per heavy atom. The van der Waals surface area contributed by atoms with E-state index in [0.717, 1.165) is 38.4 Å². The fourth-order valence-corrected chi connectivity index (χ4v) is 3.66. The lowest BCUT2D eigenvalue weighted by molar-refractivity contribution is 0.0755. The molecule has 1 aliphatic heterocycles. The monoisotopic (exact) mass is 393 g/mol. The zero-order valence-corrected chi connectivity index (χ0v) is 16.2. The number of aromatic nitrogens is 3. The second-order valence-corrected chi connectivity index (χ2v) is 7.22. The summed E-state index contributed by atoms with van der Waals surface area (Å²) in [5.74, 6) is 0.0107. The topological polar surface area (TPSA) is 54.3 Å². The molecule has 1 fully saturated rings. The minimum Gasteiger partial charge on any atom is -0.337 e. The molecule has 1 saturated heterocycles. The molecule has 1 aliphatic rings. The molecule has 0 atom stereocenters. The van der Waals surface area contributed by atoms with Gasteiger partial charge in [0.1, 0.15) is 5.82 Å². The summed E-state index contributed by atoms with van der Waals surface area (Å²) >= 11 is 0. The molecule has 29 heavy (non-hydrogen) atoms. The number of nitrogens with zero attached hydrogens (tertiary/aromatic N) is 5. The van der Waals surface area contributed by atoms with Crippen molar-refractivity contribution in [2.75, 3.05) is 26.2 Å². The summed E-state index contributed by atoms with van der Waals surface area (Å²) in [6.07, 6.45) is 6.03. The molecule has 0 aliphatic carbocycles. The third-order valence-corrected chi connectivity index (χ3v) is 5.23. The molecule has 0 saturated carbocycles. The van der Waals surface area contributed by atoms with Crippen molar-refractivity contribution in [1.82, 2.24) is 24.3 Å². The lowest BCUT2D eigenvalue weighted by atomic mass is 10.2. The van der Waals surface area contributed by atoms with E-state index in [-0.39, 0.29) is 11.5 Å². The van der Waals surface area contributed by atoms with Crippen LogP contribution in [0, 0.1) is 5.95 Å². The number of pyridine rings is 1. The molecular formula is C22H24FN5O. The molecule has 1 amide bonds. The summed E-state index contributed by atoms with van der Waals surface area (Å²) in [7, 11) is 0. The van der Waals surface area contributed by atoms with Crippen LogP contribution in [0.2, 0.25) is 0 Å². The summed E-state index contributed by atoms with van der Waals surface area (Å²) in [5.41, 5.74) is 1.28. The summed E-state index contributed by atoms with van der Waals surface area (Å²) in [5, 5.41) is 0. The predicted octanol–water partition coefficient (Wildman–Crippen LogP) is 2.81. The molecule has 3 heterocycles. The van der Waals surface area contributed by atoms with E-state index in [9.17, 15) is 9.18 Å². The van der Waals surface area contributed by atoms with Gasteiger partial charge in [-0.1, -0.05) is 30.3 Å². The van der Waals surface area contributed by atoms with Gasteiger partial charge in [-0.2, -0.15) is 4.39 Å². The van der Waals surface area contributed by atoms with Crippen LogP contribution in [0.5, 0.6) is 0 Å². The van der Waals surface area contributed by atoms with Gasteiger partial charge in [0.2, 0.25) is 5.95 Å². The van der Waals surface area contributed by atoms with E-state index in [1.54, 1.807) is 11.0 Å². The molecule has 2 aromatic heterocycles. The van der Waals surface area contributed by atoms with Gasteiger partial charge in [0.15, 0.2) is 0 Å². The van der Waals surface area contributed by atoms with Crippen LogP contribution in [0.1, 0.15) is 28.2 Å². The third-order valence-electron chi connectivity index (χ3n) is 5.23. The van der Waals surface area contributed by atoms with Crippen LogP contribution in [0.25, 0.3) is 0 Å². The Labute approximate surface area is 169 Å². The highest BCUT2D eigenvalue weighted by atomic mass is 19.1. The van der Waals surface area contributed by atoms with Gasteiger partial charge in [-0.05, 0) is 24.1 Å². The van der Waals surface area contributed by atoms with Crippen molar-refractivity contribution in [2.24, 2.45) is 0 Å². The highest BCUT2D eigenvalue weighted by Crippen LogP contribution is 2.13. The van der Waals surface area contributed by atoms with E-state index in [1.807, 2.05) is 30.6 Å². The van der Waals surface area contributed by atoms with Crippen molar-refractivity contribution in [2.45, 2.75) is 19.5 Å². The SMILES string of the molecule is O=C(c1cccnc1F)N1CCCN(Cc2nccn2Cc2ccccc2)CC1. The molecule has 0 N–H and O–H groups in total. The third kappa shape index (κ3) is 4.68. The first-order valence-electron chi connectivity index (χ1n) is 9.87. The first-order chi connectivity index (χ1) is 14.2. The van der Waals surface area contributed by atoms with Gasteiger partial charge < -0.3 is 9.47 Å². The quantitative estimate of drug-likeness (QED) is 0.626. The lowest BCUT2D eigenvalue weighted by Crippen LogP contribution is -2.35. The van der Waals surface area contributed by atoms with E-state index in [0.29, 0.717) is 13.1 Å². The number of imidazole rings is 1. The zero-order chi connectivity index (χ0) is 20.1. The van der Waals surface area contributed by atoms with Gasteiger partial charge in [0.25, 0.3) is 5.91 Å². The molecule has 150 valence electrons. The maximum absolute atomic E-state index is 13.9. The Morgan fingerprint density at radius 2 is 1.79 bits per heavy atom. The first-order valence-corrected chi connectivity index (χ1v) is 9.87. The van der Waals surface area contributed by atoms with E-state index in [4.69, 9.17) is 0 Å². The number of halogens is 1. The average molecular weight is 393 g/mol. The molecule has 0 bridgehead atoms. The first kappa shape index (κ1) is 19.3. The maximum Gasteiger partial charge on any atom is 0.258 e. The van der Waals surface area contributed by atoms with Gasteiger partial charge >= 0.3 is 0 Å². The van der Waals surface area contributed by atoms with Crippen LogP contribution in [0.15, 0.2) is 61.1 Å². The Bertz CT molecular complexity index is 959. The molecule has 1 aromatic carbocycles. The standard InChI is InChI=1S/C22H24FN5O/c23-21-19(8-4-9-25-21)22(29)27-12-5-11-26(14-15-27)17-20-24-10-13-28(20)16-18-6-2-1-3-7-18/h1-4,6-10,13H,5,11-12,14-17H2. The van der Waals surface area contributed by atoms with Crippen molar-refractivity contribution in [3.63, 3.8) is 0 Å².